The molecule has 0 N–H and O–H groups in total. The molecule has 1 saturated carbocycles. The van der Waals surface area contributed by atoms with E-state index in [1.165, 1.54) is 7.11 Å². The molecule has 1 aliphatic carbocycles. The monoisotopic (exact) mass is 298 g/mol. The predicted molar refractivity (Wildman–Crippen MR) is 68.2 cm³/mol. The zero-order chi connectivity index (χ0) is 12.5. The summed E-state index contributed by atoms with van der Waals surface area (Å²) in [6.07, 6.45) is 1.72. The van der Waals surface area contributed by atoms with Gasteiger partial charge < -0.3 is 9.47 Å². The maximum Gasteiger partial charge on any atom is 0.316 e. The average molecular weight is 299 g/mol. The molecule has 92 valence electrons. The van der Waals surface area contributed by atoms with Crippen LogP contribution in [0.5, 0.6) is 5.75 Å². The van der Waals surface area contributed by atoms with Crippen molar-refractivity contribution >= 4 is 21.9 Å². The van der Waals surface area contributed by atoms with E-state index in [0.29, 0.717) is 6.61 Å². The number of halogens is 1. The number of rotatable bonds is 4. The fraction of sp³-hybridized carbons (Fsp3) is 0.462. The highest BCUT2D eigenvalue weighted by Crippen LogP contribution is 2.50. The molecule has 1 aromatic carbocycles. The molecular weight excluding hydrogens is 284 g/mol. The first-order valence-corrected chi connectivity index (χ1v) is 6.44. The van der Waals surface area contributed by atoms with Gasteiger partial charge in [-0.3, -0.25) is 4.79 Å². The van der Waals surface area contributed by atoms with Crippen molar-refractivity contribution in [3.8, 4) is 5.75 Å². The van der Waals surface area contributed by atoms with Gasteiger partial charge in [-0.05, 0) is 53.4 Å². The fourth-order valence-corrected chi connectivity index (χ4v) is 2.50. The van der Waals surface area contributed by atoms with Gasteiger partial charge in [-0.1, -0.05) is 6.07 Å². The van der Waals surface area contributed by atoms with Crippen LogP contribution in [0.15, 0.2) is 22.7 Å². The topological polar surface area (TPSA) is 35.5 Å². The van der Waals surface area contributed by atoms with Gasteiger partial charge in [0.25, 0.3) is 0 Å². The van der Waals surface area contributed by atoms with Crippen LogP contribution in [0.3, 0.4) is 0 Å². The van der Waals surface area contributed by atoms with E-state index in [9.17, 15) is 4.79 Å². The summed E-state index contributed by atoms with van der Waals surface area (Å²) >= 11 is 3.46. The van der Waals surface area contributed by atoms with Gasteiger partial charge in [0.05, 0.1) is 23.6 Å². The number of ether oxygens (including phenoxy) is 2. The zero-order valence-electron chi connectivity index (χ0n) is 9.96. The van der Waals surface area contributed by atoms with Crippen molar-refractivity contribution in [1.82, 2.24) is 0 Å². The van der Waals surface area contributed by atoms with E-state index in [-0.39, 0.29) is 5.97 Å². The van der Waals surface area contributed by atoms with Crippen molar-refractivity contribution < 1.29 is 14.3 Å². The highest BCUT2D eigenvalue weighted by atomic mass is 79.9. The van der Waals surface area contributed by atoms with Gasteiger partial charge >= 0.3 is 5.97 Å². The predicted octanol–water partition coefficient (Wildman–Crippen LogP) is 3.05. The molecule has 0 aromatic heterocycles. The molecular formula is C13H15BrO3. The second-order valence-electron chi connectivity index (χ2n) is 4.15. The van der Waals surface area contributed by atoms with E-state index in [2.05, 4.69) is 15.9 Å². The Balaban J connectivity index is 2.29. The molecule has 0 bridgehead atoms. The normalized spacial score (nSPS) is 16.4. The lowest BCUT2D eigenvalue weighted by molar-refractivity contribution is -0.143. The van der Waals surface area contributed by atoms with Gasteiger partial charge in [0.2, 0.25) is 0 Å². The second kappa shape index (κ2) is 4.69. The summed E-state index contributed by atoms with van der Waals surface area (Å²) in [7, 11) is 1.44. The van der Waals surface area contributed by atoms with E-state index in [1.807, 2.05) is 25.1 Å². The fourth-order valence-electron chi connectivity index (χ4n) is 2.00. The van der Waals surface area contributed by atoms with Crippen molar-refractivity contribution in [2.24, 2.45) is 0 Å². The summed E-state index contributed by atoms with van der Waals surface area (Å²) in [5.41, 5.74) is 0.585. The molecule has 0 unspecified atom stereocenters. The smallest absolute Gasteiger partial charge is 0.316 e. The van der Waals surface area contributed by atoms with Gasteiger partial charge in [-0.2, -0.15) is 0 Å². The quantitative estimate of drug-likeness (QED) is 0.802. The molecule has 0 saturated heterocycles. The highest BCUT2D eigenvalue weighted by Gasteiger charge is 2.52. The Morgan fingerprint density at radius 1 is 1.47 bits per heavy atom. The molecule has 0 radical (unpaired) electrons. The first kappa shape index (κ1) is 12.4. The first-order valence-electron chi connectivity index (χ1n) is 5.65. The average Bonchev–Trinajstić information content (AvgIpc) is 3.12. The van der Waals surface area contributed by atoms with Gasteiger partial charge in [-0.15, -0.1) is 0 Å². The molecule has 4 heteroatoms. The van der Waals surface area contributed by atoms with E-state index in [0.717, 1.165) is 28.6 Å². The summed E-state index contributed by atoms with van der Waals surface area (Å²) < 4.78 is 11.2. The summed E-state index contributed by atoms with van der Waals surface area (Å²) in [4.78, 5) is 11.7. The number of carbonyl (C=O) groups excluding carboxylic acids is 1. The Kier molecular flexibility index (Phi) is 3.43. The highest BCUT2D eigenvalue weighted by molar-refractivity contribution is 9.10. The van der Waals surface area contributed by atoms with Crippen molar-refractivity contribution in [3.05, 3.63) is 28.2 Å². The minimum absolute atomic E-state index is 0.145. The Bertz CT molecular complexity index is 438. The lowest BCUT2D eigenvalue weighted by Gasteiger charge is -2.14. The molecule has 17 heavy (non-hydrogen) atoms. The third kappa shape index (κ3) is 2.18. The number of benzene rings is 1. The van der Waals surface area contributed by atoms with E-state index in [4.69, 9.17) is 9.47 Å². The third-order valence-corrected chi connectivity index (χ3v) is 3.73. The molecule has 1 fully saturated rings. The molecule has 0 heterocycles. The van der Waals surface area contributed by atoms with Crippen LogP contribution in [0.25, 0.3) is 0 Å². The Morgan fingerprint density at radius 2 is 2.18 bits per heavy atom. The number of hydrogen-bond donors (Lipinski definition) is 0. The maximum absolute atomic E-state index is 11.7. The molecule has 0 amide bonds. The third-order valence-electron chi connectivity index (χ3n) is 3.11. The van der Waals surface area contributed by atoms with Gasteiger partial charge in [0.1, 0.15) is 5.75 Å². The maximum atomic E-state index is 11.7. The van der Waals surface area contributed by atoms with Crippen LogP contribution in [0.4, 0.5) is 0 Å². The number of methoxy groups -OCH3 is 1. The Morgan fingerprint density at radius 3 is 2.65 bits per heavy atom. The van der Waals surface area contributed by atoms with E-state index >= 15 is 0 Å². The van der Waals surface area contributed by atoms with E-state index < -0.39 is 5.41 Å². The summed E-state index contributed by atoms with van der Waals surface area (Å²) in [6.45, 7) is 2.57. The molecule has 3 nitrogen and oxygen atoms in total. The Labute approximate surface area is 109 Å². The minimum atomic E-state index is -0.415. The molecule has 1 aliphatic rings. The minimum Gasteiger partial charge on any atom is -0.493 e. The van der Waals surface area contributed by atoms with Crippen LogP contribution >= 0.6 is 15.9 Å². The van der Waals surface area contributed by atoms with Crippen molar-refractivity contribution in [2.75, 3.05) is 13.7 Å². The molecule has 2 rings (SSSR count). The Hall–Kier alpha value is -1.03. The first-order chi connectivity index (χ1) is 8.14. The lowest BCUT2D eigenvalue weighted by atomic mass is 9.96. The van der Waals surface area contributed by atoms with Crippen LogP contribution in [0.1, 0.15) is 25.3 Å². The molecule has 1 aromatic rings. The van der Waals surface area contributed by atoms with Gasteiger partial charge in [0, 0.05) is 0 Å². The standard InChI is InChI=1S/C13H15BrO3/c1-3-17-11-5-4-9(8-10(11)14)13(6-7-13)12(15)16-2/h4-5,8H,3,6-7H2,1-2H3. The largest absolute Gasteiger partial charge is 0.493 e. The van der Waals surface area contributed by atoms with Gasteiger partial charge in [0.15, 0.2) is 0 Å². The lowest BCUT2D eigenvalue weighted by Crippen LogP contribution is -2.21. The summed E-state index contributed by atoms with van der Waals surface area (Å²) in [5.74, 6) is 0.658. The molecule has 0 spiro atoms. The summed E-state index contributed by atoms with van der Waals surface area (Å²) in [5, 5.41) is 0. The van der Waals surface area contributed by atoms with Crippen LogP contribution in [0, 0.1) is 0 Å². The zero-order valence-corrected chi connectivity index (χ0v) is 11.5. The number of hydrogen-bond acceptors (Lipinski definition) is 3. The summed E-state index contributed by atoms with van der Waals surface area (Å²) in [6, 6.07) is 5.79. The van der Waals surface area contributed by atoms with Crippen LogP contribution in [-0.4, -0.2) is 19.7 Å². The van der Waals surface area contributed by atoms with Gasteiger partial charge in [-0.25, -0.2) is 0 Å². The number of carbonyl (C=O) groups is 1. The van der Waals surface area contributed by atoms with Crippen molar-refractivity contribution in [3.63, 3.8) is 0 Å². The van der Waals surface area contributed by atoms with Crippen LogP contribution in [-0.2, 0) is 14.9 Å². The SMILES string of the molecule is CCOc1ccc(C2(C(=O)OC)CC2)cc1Br. The number of esters is 1. The molecule has 0 atom stereocenters. The van der Waals surface area contributed by atoms with Crippen LogP contribution in [0.2, 0.25) is 0 Å². The van der Waals surface area contributed by atoms with Crippen molar-refractivity contribution in [2.45, 2.75) is 25.2 Å². The van der Waals surface area contributed by atoms with Crippen LogP contribution < -0.4 is 4.74 Å². The van der Waals surface area contributed by atoms with E-state index in [1.54, 1.807) is 0 Å². The second-order valence-corrected chi connectivity index (χ2v) is 5.01. The molecule has 0 aliphatic heterocycles. The van der Waals surface area contributed by atoms with Crippen molar-refractivity contribution in [1.29, 1.82) is 0 Å².